The van der Waals surface area contributed by atoms with Crippen LogP contribution < -0.4 is 0 Å². The summed E-state index contributed by atoms with van der Waals surface area (Å²) in [6, 6.07) is 10.9. The van der Waals surface area contributed by atoms with Crippen LogP contribution in [0.25, 0.3) is 0 Å². The zero-order chi connectivity index (χ0) is 15.6. The lowest BCUT2D eigenvalue weighted by molar-refractivity contribution is -0.384. The van der Waals surface area contributed by atoms with Crippen LogP contribution >= 0.6 is 34.8 Å². The third kappa shape index (κ3) is 3.27. The highest BCUT2D eigenvalue weighted by atomic mass is 35.5. The molecule has 7 heteroatoms. The lowest BCUT2D eigenvalue weighted by atomic mass is 9.92. The van der Waals surface area contributed by atoms with Gasteiger partial charge < -0.3 is 0 Å². The lowest BCUT2D eigenvalue weighted by Gasteiger charge is -2.12. The van der Waals surface area contributed by atoms with Crippen molar-refractivity contribution in [3.63, 3.8) is 0 Å². The Hall–Kier alpha value is -1.80. The van der Waals surface area contributed by atoms with Gasteiger partial charge in [0.25, 0.3) is 5.69 Å². The lowest BCUT2D eigenvalue weighted by Crippen LogP contribution is -2.00. The van der Waals surface area contributed by atoms with Crippen molar-refractivity contribution >= 4 is 40.5 Å². The Morgan fingerprint density at radius 3 is 2.29 bits per heavy atom. The molecule has 0 amide bonds. The van der Waals surface area contributed by atoms with Gasteiger partial charge >= 0.3 is 0 Å². The fourth-order valence-electron chi connectivity index (χ4n) is 1.88. The van der Waals surface area contributed by atoms with E-state index in [-0.39, 0.29) is 10.7 Å². The van der Waals surface area contributed by atoms with Crippen LogP contribution in [0.15, 0.2) is 36.4 Å². The molecule has 0 saturated heterocycles. The summed E-state index contributed by atoms with van der Waals surface area (Å²) in [6.45, 7) is 0. The van der Waals surface area contributed by atoms with Gasteiger partial charge in [-0.05, 0) is 29.3 Å². The van der Waals surface area contributed by atoms with Crippen LogP contribution in [0.2, 0.25) is 15.1 Å². The van der Waals surface area contributed by atoms with Gasteiger partial charge in [-0.3, -0.25) is 10.1 Å². The largest absolute Gasteiger partial charge is 0.270 e. The van der Waals surface area contributed by atoms with Gasteiger partial charge in [0.15, 0.2) is 0 Å². The number of rotatable bonds is 3. The molecule has 1 unspecified atom stereocenters. The number of nitro benzene ring substituents is 1. The van der Waals surface area contributed by atoms with Crippen molar-refractivity contribution < 1.29 is 4.92 Å². The van der Waals surface area contributed by atoms with Crippen LogP contribution in [-0.4, -0.2) is 4.92 Å². The van der Waals surface area contributed by atoms with Crippen molar-refractivity contribution in [2.75, 3.05) is 0 Å². The maximum atomic E-state index is 10.7. The molecule has 0 aromatic heterocycles. The summed E-state index contributed by atoms with van der Waals surface area (Å²) in [4.78, 5) is 10.2. The Morgan fingerprint density at radius 2 is 1.76 bits per heavy atom. The molecule has 0 aliphatic heterocycles. The summed E-state index contributed by atoms with van der Waals surface area (Å²) in [7, 11) is 0. The maximum Gasteiger partial charge on any atom is 0.270 e. The summed E-state index contributed by atoms with van der Waals surface area (Å²) in [5.41, 5.74) is 0.959. The molecule has 0 spiro atoms. The second-order valence-corrected chi connectivity index (χ2v) is 5.42. The van der Waals surface area contributed by atoms with Crippen molar-refractivity contribution in [1.29, 1.82) is 5.26 Å². The van der Waals surface area contributed by atoms with Gasteiger partial charge in [-0.25, -0.2) is 0 Å². The normalized spacial score (nSPS) is 11.7. The summed E-state index contributed by atoms with van der Waals surface area (Å²) in [5.74, 6) is -0.687. The highest BCUT2D eigenvalue weighted by Crippen LogP contribution is 2.34. The van der Waals surface area contributed by atoms with E-state index in [1.807, 2.05) is 0 Å². The molecule has 2 aromatic carbocycles. The topological polar surface area (TPSA) is 66.9 Å². The quantitative estimate of drug-likeness (QED) is 0.568. The average molecular weight is 342 g/mol. The van der Waals surface area contributed by atoms with E-state index in [9.17, 15) is 15.4 Å². The molecule has 4 nitrogen and oxygen atoms in total. The first-order valence-corrected chi connectivity index (χ1v) is 6.86. The Balaban J connectivity index is 2.49. The molecule has 2 rings (SSSR count). The summed E-state index contributed by atoms with van der Waals surface area (Å²) in [6.07, 6.45) is 0. The van der Waals surface area contributed by atoms with Crippen LogP contribution in [0.4, 0.5) is 5.69 Å². The molecule has 0 bridgehead atoms. The second kappa shape index (κ2) is 6.31. The van der Waals surface area contributed by atoms with E-state index < -0.39 is 10.8 Å². The van der Waals surface area contributed by atoms with Gasteiger partial charge in [0.05, 0.1) is 32.0 Å². The van der Waals surface area contributed by atoms with E-state index in [0.717, 1.165) is 0 Å². The van der Waals surface area contributed by atoms with Crippen LogP contribution in [0, 0.1) is 21.4 Å². The molecule has 0 fully saturated rings. The van der Waals surface area contributed by atoms with Crippen LogP contribution in [0.3, 0.4) is 0 Å². The minimum absolute atomic E-state index is 0.130. The average Bonchev–Trinajstić information content (AvgIpc) is 2.45. The fourth-order valence-corrected chi connectivity index (χ4v) is 2.47. The summed E-state index contributed by atoms with van der Waals surface area (Å²) in [5, 5.41) is 20.9. The van der Waals surface area contributed by atoms with Gasteiger partial charge in [-0.2, -0.15) is 5.26 Å². The number of halogens is 3. The zero-order valence-corrected chi connectivity index (χ0v) is 12.7. The number of benzene rings is 2. The van der Waals surface area contributed by atoms with Gasteiger partial charge in [0.2, 0.25) is 0 Å². The Labute approximate surface area is 135 Å². The zero-order valence-electron chi connectivity index (χ0n) is 10.4. The van der Waals surface area contributed by atoms with E-state index in [1.165, 1.54) is 18.2 Å². The minimum Gasteiger partial charge on any atom is -0.258 e. The molecule has 0 aliphatic rings. The SMILES string of the molecule is N#CC(c1ccc(Cl)c(Cl)c1)c1ccc([N+](=O)[O-])cc1Cl. The molecule has 106 valence electrons. The molecule has 2 aromatic rings. The highest BCUT2D eigenvalue weighted by Gasteiger charge is 2.19. The molecule has 0 aliphatic carbocycles. The van der Waals surface area contributed by atoms with Gasteiger partial charge in [-0.15, -0.1) is 0 Å². The molecule has 21 heavy (non-hydrogen) atoms. The molecule has 0 radical (unpaired) electrons. The first-order valence-electron chi connectivity index (χ1n) is 5.72. The molecule has 0 N–H and O–H groups in total. The standard InChI is InChI=1S/C14H7Cl3N2O2/c15-12-4-1-8(5-14(12)17)11(7-18)10-3-2-9(19(20)21)6-13(10)16/h1-6,11H. The van der Waals surface area contributed by atoms with E-state index in [1.54, 1.807) is 18.2 Å². The Kier molecular flexibility index (Phi) is 4.69. The van der Waals surface area contributed by atoms with Crippen LogP contribution in [-0.2, 0) is 0 Å². The van der Waals surface area contributed by atoms with E-state index in [0.29, 0.717) is 21.2 Å². The molecule has 0 saturated carbocycles. The van der Waals surface area contributed by atoms with E-state index in [4.69, 9.17) is 34.8 Å². The van der Waals surface area contributed by atoms with E-state index >= 15 is 0 Å². The third-order valence-electron chi connectivity index (χ3n) is 2.91. The van der Waals surface area contributed by atoms with Crippen molar-refractivity contribution in [1.82, 2.24) is 0 Å². The van der Waals surface area contributed by atoms with Gasteiger partial charge in [0.1, 0.15) is 0 Å². The highest BCUT2D eigenvalue weighted by molar-refractivity contribution is 6.42. The molecular weight excluding hydrogens is 335 g/mol. The first-order chi connectivity index (χ1) is 9.93. The van der Waals surface area contributed by atoms with E-state index in [2.05, 4.69) is 6.07 Å². The number of nitro groups is 1. The molecule has 1 atom stereocenters. The van der Waals surface area contributed by atoms with Crippen molar-refractivity contribution in [2.45, 2.75) is 5.92 Å². The summed E-state index contributed by atoms with van der Waals surface area (Å²) < 4.78 is 0. The Bertz CT molecular complexity index is 756. The number of hydrogen-bond donors (Lipinski definition) is 0. The number of nitriles is 1. The maximum absolute atomic E-state index is 10.7. The second-order valence-electron chi connectivity index (χ2n) is 4.20. The van der Waals surface area contributed by atoms with Crippen molar-refractivity contribution in [3.8, 4) is 6.07 Å². The Morgan fingerprint density at radius 1 is 1.05 bits per heavy atom. The number of non-ortho nitro benzene ring substituents is 1. The smallest absolute Gasteiger partial charge is 0.258 e. The van der Waals surface area contributed by atoms with Crippen LogP contribution in [0.5, 0.6) is 0 Å². The monoisotopic (exact) mass is 340 g/mol. The predicted molar refractivity (Wildman–Crippen MR) is 82.0 cm³/mol. The van der Waals surface area contributed by atoms with Crippen molar-refractivity contribution in [3.05, 3.63) is 72.7 Å². The fraction of sp³-hybridized carbons (Fsp3) is 0.0714. The first kappa shape index (κ1) is 15.6. The number of nitrogens with zero attached hydrogens (tertiary/aromatic N) is 2. The van der Waals surface area contributed by atoms with Crippen LogP contribution in [0.1, 0.15) is 17.0 Å². The summed E-state index contributed by atoms with van der Waals surface area (Å²) >= 11 is 17.8. The van der Waals surface area contributed by atoms with Crippen molar-refractivity contribution in [2.24, 2.45) is 0 Å². The number of hydrogen-bond acceptors (Lipinski definition) is 3. The minimum atomic E-state index is -0.687. The van der Waals surface area contributed by atoms with Gasteiger partial charge in [0, 0.05) is 12.1 Å². The molecule has 0 heterocycles. The molecular formula is C14H7Cl3N2O2. The van der Waals surface area contributed by atoms with Gasteiger partial charge in [-0.1, -0.05) is 40.9 Å². The predicted octanol–water partition coefficient (Wildman–Crippen LogP) is 5.21. The third-order valence-corrected chi connectivity index (χ3v) is 3.98.